The number of hydrogen-bond acceptors (Lipinski definition) is 5. The number of nitrogens with two attached hydrogens (primary N) is 1. The molecule has 0 spiro atoms. The Labute approximate surface area is 148 Å². The molecule has 2 heterocycles. The van der Waals surface area contributed by atoms with Crippen LogP contribution in [0.1, 0.15) is 25.3 Å². The maximum Gasteiger partial charge on any atom is 0.316 e. The molecule has 25 heavy (non-hydrogen) atoms. The van der Waals surface area contributed by atoms with Crippen molar-refractivity contribution in [3.05, 3.63) is 42.2 Å². The average Bonchev–Trinajstić information content (AvgIpc) is 2.67. The smallest absolute Gasteiger partial charge is 0.316 e. The van der Waals surface area contributed by atoms with Crippen LogP contribution in [0.3, 0.4) is 0 Å². The van der Waals surface area contributed by atoms with E-state index in [0.29, 0.717) is 25.1 Å². The van der Waals surface area contributed by atoms with E-state index in [1.807, 2.05) is 29.2 Å². The van der Waals surface area contributed by atoms with E-state index < -0.39 is 0 Å². The molecule has 1 amide bonds. The van der Waals surface area contributed by atoms with E-state index in [1.54, 1.807) is 19.3 Å². The summed E-state index contributed by atoms with van der Waals surface area (Å²) in [6.07, 6.45) is 5.47. The van der Waals surface area contributed by atoms with Crippen molar-refractivity contribution in [1.82, 2.24) is 14.9 Å². The number of amides is 1. The first-order valence-electron chi connectivity index (χ1n) is 8.65. The number of rotatable bonds is 5. The highest BCUT2D eigenvalue weighted by molar-refractivity contribution is 5.73. The van der Waals surface area contributed by atoms with Crippen LogP contribution >= 0.6 is 0 Å². The first kappa shape index (κ1) is 17.4. The van der Waals surface area contributed by atoms with E-state index >= 15 is 0 Å². The number of likely N-dealkylation sites (tertiary alicyclic amines) is 1. The minimum atomic E-state index is 0.150. The third-order valence-corrected chi connectivity index (χ3v) is 4.63. The summed E-state index contributed by atoms with van der Waals surface area (Å²) in [6, 6.07) is 8.44. The van der Waals surface area contributed by atoms with Gasteiger partial charge in [-0.2, -0.15) is 0 Å². The Morgan fingerprint density at radius 3 is 2.60 bits per heavy atom. The van der Waals surface area contributed by atoms with E-state index in [4.69, 9.17) is 10.5 Å². The van der Waals surface area contributed by atoms with Gasteiger partial charge in [0.15, 0.2) is 0 Å². The van der Waals surface area contributed by atoms with Gasteiger partial charge in [0.1, 0.15) is 0 Å². The van der Waals surface area contributed by atoms with Crippen molar-refractivity contribution in [2.24, 2.45) is 11.7 Å². The fraction of sp³-hybridized carbons (Fsp3) is 0.421. The highest BCUT2D eigenvalue weighted by atomic mass is 16.5. The molecule has 0 atom stereocenters. The summed E-state index contributed by atoms with van der Waals surface area (Å²) >= 11 is 0. The molecule has 0 radical (unpaired) electrons. The van der Waals surface area contributed by atoms with Crippen molar-refractivity contribution in [1.29, 1.82) is 0 Å². The molecule has 1 aliphatic heterocycles. The standard InChI is InChI=1S/C19H24N4O2/c1-14(24)23-7-5-15(6-8-23)13-25-19-21-11-18(12-22-19)17-4-2-3-16(9-17)10-20/h2-4,9,11-12,15H,5-8,10,13,20H2,1H3. The summed E-state index contributed by atoms with van der Waals surface area (Å²) in [5, 5.41) is 0. The molecule has 1 aromatic carbocycles. The summed E-state index contributed by atoms with van der Waals surface area (Å²) in [4.78, 5) is 21.8. The fourth-order valence-corrected chi connectivity index (χ4v) is 3.02. The zero-order valence-corrected chi connectivity index (χ0v) is 14.5. The second-order valence-corrected chi connectivity index (χ2v) is 6.42. The van der Waals surface area contributed by atoms with Gasteiger partial charge in [-0.3, -0.25) is 4.79 Å². The van der Waals surface area contributed by atoms with Crippen molar-refractivity contribution in [3.8, 4) is 17.1 Å². The van der Waals surface area contributed by atoms with Gasteiger partial charge in [-0.15, -0.1) is 0 Å². The summed E-state index contributed by atoms with van der Waals surface area (Å²) < 4.78 is 5.73. The Morgan fingerprint density at radius 2 is 1.96 bits per heavy atom. The van der Waals surface area contributed by atoms with Gasteiger partial charge < -0.3 is 15.4 Å². The monoisotopic (exact) mass is 340 g/mol. The number of piperidine rings is 1. The Hall–Kier alpha value is -2.47. The molecular formula is C19H24N4O2. The van der Waals surface area contributed by atoms with E-state index in [9.17, 15) is 4.79 Å². The summed E-state index contributed by atoms with van der Waals surface area (Å²) in [6.45, 7) is 4.34. The molecule has 1 fully saturated rings. The third-order valence-electron chi connectivity index (χ3n) is 4.63. The molecule has 132 valence electrons. The van der Waals surface area contributed by atoms with E-state index in [1.165, 1.54) is 0 Å². The molecule has 3 rings (SSSR count). The normalized spacial score (nSPS) is 15.2. The van der Waals surface area contributed by atoms with Crippen LogP contribution in [0.5, 0.6) is 6.01 Å². The second-order valence-electron chi connectivity index (χ2n) is 6.42. The van der Waals surface area contributed by atoms with Crippen molar-refractivity contribution >= 4 is 5.91 Å². The molecule has 0 saturated carbocycles. The molecule has 0 unspecified atom stereocenters. The minimum absolute atomic E-state index is 0.150. The summed E-state index contributed by atoms with van der Waals surface area (Å²) in [7, 11) is 0. The lowest BCUT2D eigenvalue weighted by molar-refractivity contribution is -0.130. The van der Waals surface area contributed by atoms with Gasteiger partial charge >= 0.3 is 6.01 Å². The number of carbonyl (C=O) groups excluding carboxylic acids is 1. The van der Waals surface area contributed by atoms with Gasteiger partial charge in [0.05, 0.1) is 6.61 Å². The van der Waals surface area contributed by atoms with Crippen molar-refractivity contribution in [2.75, 3.05) is 19.7 Å². The highest BCUT2D eigenvalue weighted by Crippen LogP contribution is 2.21. The molecule has 0 aliphatic carbocycles. The van der Waals surface area contributed by atoms with E-state index in [2.05, 4.69) is 9.97 Å². The minimum Gasteiger partial charge on any atom is -0.463 e. The average molecular weight is 340 g/mol. The molecule has 1 aromatic heterocycles. The van der Waals surface area contributed by atoms with Gasteiger partial charge in [-0.25, -0.2) is 9.97 Å². The first-order chi connectivity index (χ1) is 12.2. The maximum atomic E-state index is 11.3. The largest absolute Gasteiger partial charge is 0.463 e. The number of hydrogen-bond donors (Lipinski definition) is 1. The lowest BCUT2D eigenvalue weighted by atomic mass is 9.98. The van der Waals surface area contributed by atoms with Gasteiger partial charge in [0.25, 0.3) is 0 Å². The van der Waals surface area contributed by atoms with Crippen molar-refractivity contribution in [3.63, 3.8) is 0 Å². The van der Waals surface area contributed by atoms with Gasteiger partial charge in [-0.1, -0.05) is 18.2 Å². The molecule has 1 aliphatic rings. The predicted molar refractivity (Wildman–Crippen MR) is 95.8 cm³/mol. The SMILES string of the molecule is CC(=O)N1CCC(COc2ncc(-c3cccc(CN)c3)cn2)CC1. The van der Waals surface area contributed by atoms with Gasteiger partial charge in [0.2, 0.25) is 5.91 Å². The van der Waals surface area contributed by atoms with Crippen LogP contribution < -0.4 is 10.5 Å². The Bertz CT molecular complexity index is 710. The topological polar surface area (TPSA) is 81.3 Å². The summed E-state index contributed by atoms with van der Waals surface area (Å²) in [5.74, 6) is 0.595. The van der Waals surface area contributed by atoms with Crippen LogP contribution in [0, 0.1) is 5.92 Å². The van der Waals surface area contributed by atoms with E-state index in [0.717, 1.165) is 42.6 Å². The zero-order chi connectivity index (χ0) is 17.6. The molecule has 6 heteroatoms. The lowest BCUT2D eigenvalue weighted by Crippen LogP contribution is -2.38. The Kier molecular flexibility index (Phi) is 5.60. The first-order valence-corrected chi connectivity index (χ1v) is 8.65. The van der Waals surface area contributed by atoms with Crippen LogP contribution in [0.2, 0.25) is 0 Å². The molecule has 2 aromatic rings. The Balaban J connectivity index is 1.54. The van der Waals surface area contributed by atoms with Gasteiger partial charge in [-0.05, 0) is 36.0 Å². The predicted octanol–water partition coefficient (Wildman–Crippen LogP) is 2.24. The van der Waals surface area contributed by atoms with Gasteiger partial charge in [0, 0.05) is 44.5 Å². The third kappa shape index (κ3) is 4.54. The zero-order valence-electron chi connectivity index (χ0n) is 14.5. The maximum absolute atomic E-state index is 11.3. The van der Waals surface area contributed by atoms with Crippen LogP contribution in [-0.2, 0) is 11.3 Å². The molecule has 2 N–H and O–H groups in total. The van der Waals surface area contributed by atoms with E-state index in [-0.39, 0.29) is 5.91 Å². The van der Waals surface area contributed by atoms with Crippen molar-refractivity contribution in [2.45, 2.75) is 26.3 Å². The number of carbonyl (C=O) groups is 1. The Morgan fingerprint density at radius 1 is 1.24 bits per heavy atom. The lowest BCUT2D eigenvalue weighted by Gasteiger charge is -2.30. The molecule has 0 bridgehead atoms. The quantitative estimate of drug-likeness (QED) is 0.903. The fourth-order valence-electron chi connectivity index (χ4n) is 3.02. The number of benzene rings is 1. The number of aromatic nitrogens is 2. The van der Waals surface area contributed by atoms with Crippen LogP contribution in [0.25, 0.3) is 11.1 Å². The van der Waals surface area contributed by atoms with Crippen molar-refractivity contribution < 1.29 is 9.53 Å². The number of ether oxygens (including phenoxy) is 1. The molecular weight excluding hydrogens is 316 g/mol. The van der Waals surface area contributed by atoms with Crippen LogP contribution in [0.4, 0.5) is 0 Å². The van der Waals surface area contributed by atoms with Crippen LogP contribution in [0.15, 0.2) is 36.7 Å². The molecule has 1 saturated heterocycles. The number of nitrogens with zero attached hydrogens (tertiary/aromatic N) is 3. The summed E-state index contributed by atoms with van der Waals surface area (Å²) in [5.41, 5.74) is 8.75. The second kappa shape index (κ2) is 8.07. The van der Waals surface area contributed by atoms with Crippen LogP contribution in [-0.4, -0.2) is 40.5 Å². The molecule has 6 nitrogen and oxygen atoms in total. The highest BCUT2D eigenvalue weighted by Gasteiger charge is 2.21.